The number of carbonyl (C=O) groups excluding carboxylic acids is 1. The molecule has 1 amide bonds. The molecule has 4 nitrogen and oxygen atoms in total. The van der Waals surface area contributed by atoms with Gasteiger partial charge in [0.2, 0.25) is 5.91 Å². The first-order chi connectivity index (χ1) is 8.15. The Hall–Kier alpha value is -0.610. The first-order valence-corrected chi connectivity index (χ1v) is 6.80. The van der Waals surface area contributed by atoms with Crippen LogP contribution in [0.25, 0.3) is 0 Å². The maximum atomic E-state index is 12.0. The lowest BCUT2D eigenvalue weighted by molar-refractivity contribution is -0.126. The average Bonchev–Trinajstić information content (AvgIpc) is 2.51. The van der Waals surface area contributed by atoms with Gasteiger partial charge in [0.1, 0.15) is 0 Å². The molecule has 1 saturated carbocycles. The van der Waals surface area contributed by atoms with E-state index in [9.17, 15) is 4.79 Å². The number of hydrogen-bond donors (Lipinski definition) is 2. The monoisotopic (exact) mass is 242 g/mol. The number of carbonyl (C=O) groups is 1. The van der Waals surface area contributed by atoms with Gasteiger partial charge < -0.3 is 15.8 Å². The van der Waals surface area contributed by atoms with Crippen LogP contribution in [0.2, 0.25) is 0 Å². The molecule has 1 fully saturated rings. The Bertz CT molecular complexity index is 233. The summed E-state index contributed by atoms with van der Waals surface area (Å²) in [5.41, 5.74) is 6.05. The molecule has 1 rings (SSSR count). The Balaban J connectivity index is 2.34. The zero-order chi connectivity index (χ0) is 12.7. The molecule has 100 valence electrons. The molecule has 1 aliphatic carbocycles. The van der Waals surface area contributed by atoms with E-state index in [1.165, 1.54) is 6.42 Å². The van der Waals surface area contributed by atoms with Crippen LogP contribution in [0.1, 0.15) is 46.0 Å². The molecule has 0 aromatic rings. The molecule has 3 unspecified atom stereocenters. The molecule has 0 saturated heterocycles. The molecule has 4 heteroatoms. The standard InChI is InChI=1S/C13H26N2O2/c1-3-17-10(2)9-15-13(16)11-7-5-4-6-8-12(11)14/h10-12H,3-9,14H2,1-2H3,(H,15,16). The van der Waals surface area contributed by atoms with E-state index < -0.39 is 0 Å². The quantitative estimate of drug-likeness (QED) is 0.717. The minimum Gasteiger partial charge on any atom is -0.377 e. The van der Waals surface area contributed by atoms with Crippen molar-refractivity contribution < 1.29 is 9.53 Å². The van der Waals surface area contributed by atoms with E-state index in [4.69, 9.17) is 10.5 Å². The first kappa shape index (κ1) is 14.5. The minimum atomic E-state index is -0.00803. The van der Waals surface area contributed by atoms with Crippen molar-refractivity contribution >= 4 is 5.91 Å². The molecular formula is C13H26N2O2. The lowest BCUT2D eigenvalue weighted by atomic mass is 9.94. The van der Waals surface area contributed by atoms with Gasteiger partial charge in [-0.25, -0.2) is 0 Å². The highest BCUT2D eigenvalue weighted by Crippen LogP contribution is 2.22. The molecule has 17 heavy (non-hydrogen) atoms. The van der Waals surface area contributed by atoms with Crippen LogP contribution in [0.15, 0.2) is 0 Å². The van der Waals surface area contributed by atoms with Crippen molar-refractivity contribution in [1.82, 2.24) is 5.32 Å². The summed E-state index contributed by atoms with van der Waals surface area (Å²) in [6.07, 6.45) is 5.45. The van der Waals surface area contributed by atoms with Gasteiger partial charge in [-0.3, -0.25) is 4.79 Å². The van der Waals surface area contributed by atoms with Gasteiger partial charge >= 0.3 is 0 Å². The van der Waals surface area contributed by atoms with Crippen molar-refractivity contribution in [3.8, 4) is 0 Å². The Labute approximate surface area is 104 Å². The Morgan fingerprint density at radius 1 is 1.41 bits per heavy atom. The summed E-state index contributed by atoms with van der Waals surface area (Å²) in [7, 11) is 0. The second-order valence-corrected chi connectivity index (χ2v) is 4.92. The highest BCUT2D eigenvalue weighted by molar-refractivity contribution is 5.79. The summed E-state index contributed by atoms with van der Waals surface area (Å²) in [6, 6.07) is 0.0277. The Morgan fingerprint density at radius 3 is 2.82 bits per heavy atom. The van der Waals surface area contributed by atoms with Crippen LogP contribution in [0, 0.1) is 5.92 Å². The molecule has 3 N–H and O–H groups in total. The van der Waals surface area contributed by atoms with Crippen molar-refractivity contribution in [2.24, 2.45) is 11.7 Å². The Morgan fingerprint density at radius 2 is 2.12 bits per heavy atom. The van der Waals surface area contributed by atoms with E-state index in [1.807, 2.05) is 13.8 Å². The number of ether oxygens (including phenoxy) is 1. The third kappa shape index (κ3) is 5.04. The number of amides is 1. The number of nitrogens with two attached hydrogens (primary N) is 1. The highest BCUT2D eigenvalue weighted by Gasteiger charge is 2.26. The van der Waals surface area contributed by atoms with Gasteiger partial charge in [-0.1, -0.05) is 19.3 Å². The molecule has 0 radical (unpaired) electrons. The van der Waals surface area contributed by atoms with E-state index in [-0.39, 0.29) is 24.0 Å². The summed E-state index contributed by atoms with van der Waals surface area (Å²) in [5.74, 6) is 0.0947. The van der Waals surface area contributed by atoms with Gasteiger partial charge in [0.15, 0.2) is 0 Å². The van der Waals surface area contributed by atoms with Crippen LogP contribution in [0.4, 0.5) is 0 Å². The van der Waals surface area contributed by atoms with Crippen molar-refractivity contribution in [3.63, 3.8) is 0 Å². The average molecular weight is 242 g/mol. The van der Waals surface area contributed by atoms with Crippen LogP contribution in [-0.4, -0.2) is 31.2 Å². The predicted octanol–water partition coefficient (Wildman–Crippen LogP) is 1.44. The van der Waals surface area contributed by atoms with Gasteiger partial charge in [-0.15, -0.1) is 0 Å². The van der Waals surface area contributed by atoms with Crippen LogP contribution in [0.5, 0.6) is 0 Å². The van der Waals surface area contributed by atoms with Crippen molar-refractivity contribution in [2.75, 3.05) is 13.2 Å². The van der Waals surface area contributed by atoms with E-state index >= 15 is 0 Å². The lowest BCUT2D eigenvalue weighted by Gasteiger charge is -2.21. The van der Waals surface area contributed by atoms with Crippen molar-refractivity contribution in [1.29, 1.82) is 0 Å². The second-order valence-electron chi connectivity index (χ2n) is 4.92. The summed E-state index contributed by atoms with van der Waals surface area (Å²) in [5, 5.41) is 2.95. The lowest BCUT2D eigenvalue weighted by Crippen LogP contribution is -2.43. The SMILES string of the molecule is CCOC(C)CNC(=O)C1CCCCCC1N. The van der Waals surface area contributed by atoms with Crippen LogP contribution in [0.3, 0.4) is 0 Å². The summed E-state index contributed by atoms with van der Waals surface area (Å²) in [6.45, 7) is 5.19. The van der Waals surface area contributed by atoms with Gasteiger partial charge in [0, 0.05) is 19.2 Å². The number of hydrogen-bond acceptors (Lipinski definition) is 3. The van der Waals surface area contributed by atoms with E-state index in [1.54, 1.807) is 0 Å². The third-order valence-electron chi connectivity index (χ3n) is 3.42. The predicted molar refractivity (Wildman–Crippen MR) is 68.6 cm³/mol. The van der Waals surface area contributed by atoms with E-state index in [0.29, 0.717) is 13.2 Å². The largest absolute Gasteiger partial charge is 0.377 e. The maximum Gasteiger partial charge on any atom is 0.224 e. The molecule has 0 heterocycles. The number of nitrogens with one attached hydrogen (secondary N) is 1. The highest BCUT2D eigenvalue weighted by atomic mass is 16.5. The molecule has 0 aliphatic heterocycles. The fraction of sp³-hybridized carbons (Fsp3) is 0.923. The molecule has 3 atom stereocenters. The number of rotatable bonds is 5. The molecule has 0 spiro atoms. The molecular weight excluding hydrogens is 216 g/mol. The maximum absolute atomic E-state index is 12.0. The molecule has 0 aromatic heterocycles. The van der Waals surface area contributed by atoms with Crippen LogP contribution >= 0.6 is 0 Å². The van der Waals surface area contributed by atoms with E-state index in [2.05, 4.69) is 5.32 Å². The fourth-order valence-corrected chi connectivity index (χ4v) is 2.38. The Kier molecular flexibility index (Phi) is 6.52. The van der Waals surface area contributed by atoms with Gasteiger partial charge in [-0.2, -0.15) is 0 Å². The zero-order valence-corrected chi connectivity index (χ0v) is 11.1. The first-order valence-electron chi connectivity index (χ1n) is 6.80. The minimum absolute atomic E-state index is 0.00803. The van der Waals surface area contributed by atoms with Crippen LogP contribution in [-0.2, 0) is 9.53 Å². The van der Waals surface area contributed by atoms with Crippen molar-refractivity contribution in [3.05, 3.63) is 0 Å². The third-order valence-corrected chi connectivity index (χ3v) is 3.42. The van der Waals surface area contributed by atoms with Gasteiger partial charge in [0.05, 0.1) is 12.0 Å². The summed E-state index contributed by atoms with van der Waals surface area (Å²) >= 11 is 0. The second kappa shape index (κ2) is 7.67. The van der Waals surface area contributed by atoms with Crippen LogP contribution < -0.4 is 11.1 Å². The van der Waals surface area contributed by atoms with E-state index in [0.717, 1.165) is 25.7 Å². The molecule has 1 aliphatic rings. The zero-order valence-electron chi connectivity index (χ0n) is 11.1. The topological polar surface area (TPSA) is 64.3 Å². The van der Waals surface area contributed by atoms with Gasteiger partial charge in [0.25, 0.3) is 0 Å². The normalized spacial score (nSPS) is 27.2. The summed E-state index contributed by atoms with van der Waals surface area (Å²) in [4.78, 5) is 12.0. The summed E-state index contributed by atoms with van der Waals surface area (Å²) < 4.78 is 5.39. The molecule has 0 bridgehead atoms. The van der Waals surface area contributed by atoms with Crippen molar-refractivity contribution in [2.45, 2.75) is 58.1 Å². The molecule has 0 aromatic carbocycles. The van der Waals surface area contributed by atoms with Gasteiger partial charge in [-0.05, 0) is 26.7 Å². The smallest absolute Gasteiger partial charge is 0.224 e. The fourth-order valence-electron chi connectivity index (χ4n) is 2.38.